The van der Waals surface area contributed by atoms with Crippen molar-refractivity contribution in [2.24, 2.45) is 0 Å². The Labute approximate surface area is 154 Å². The fraction of sp³-hybridized carbons (Fsp3) is 0.0625. The normalized spacial score (nSPS) is 12.3. The van der Waals surface area contributed by atoms with E-state index < -0.39 is 6.10 Å². The van der Waals surface area contributed by atoms with Gasteiger partial charge in [0.25, 0.3) is 5.56 Å². The van der Waals surface area contributed by atoms with E-state index in [1.807, 2.05) is 17.5 Å². The van der Waals surface area contributed by atoms with E-state index in [4.69, 9.17) is 23.2 Å². The maximum Gasteiger partial charge on any atom is 0.255 e. The van der Waals surface area contributed by atoms with Gasteiger partial charge < -0.3 is 5.11 Å². The molecule has 0 amide bonds. The highest BCUT2D eigenvalue weighted by Crippen LogP contribution is 2.32. The molecule has 23 heavy (non-hydrogen) atoms. The Balaban J connectivity index is 2.14. The first-order valence-electron chi connectivity index (χ1n) is 6.56. The third-order valence-corrected chi connectivity index (χ3v) is 5.24. The van der Waals surface area contributed by atoms with E-state index in [1.54, 1.807) is 24.4 Å². The van der Waals surface area contributed by atoms with Gasteiger partial charge in [-0.25, -0.2) is 0 Å². The van der Waals surface area contributed by atoms with Crippen LogP contribution in [0.25, 0.3) is 5.69 Å². The molecule has 1 atom stereocenters. The molecule has 0 aliphatic heterocycles. The number of rotatable bonds is 3. The second-order valence-corrected chi connectivity index (χ2v) is 7.52. The highest BCUT2D eigenvalue weighted by Gasteiger charge is 2.16. The smallest absolute Gasteiger partial charge is 0.255 e. The Morgan fingerprint density at radius 2 is 1.87 bits per heavy atom. The van der Waals surface area contributed by atoms with Crippen LogP contribution in [0.3, 0.4) is 0 Å². The summed E-state index contributed by atoms with van der Waals surface area (Å²) in [4.78, 5) is 13.0. The fourth-order valence-electron chi connectivity index (χ4n) is 2.22. The molecule has 3 nitrogen and oxygen atoms in total. The van der Waals surface area contributed by atoms with Crippen LogP contribution in [-0.4, -0.2) is 9.67 Å². The number of halogens is 3. The van der Waals surface area contributed by atoms with Crippen molar-refractivity contribution in [1.29, 1.82) is 0 Å². The zero-order chi connectivity index (χ0) is 16.6. The molecule has 0 fully saturated rings. The number of thiophene rings is 1. The number of aliphatic hydroxyl groups excluding tert-OH is 1. The summed E-state index contributed by atoms with van der Waals surface area (Å²) in [5.41, 5.74) is 0.696. The van der Waals surface area contributed by atoms with Crippen molar-refractivity contribution in [3.05, 3.63) is 83.3 Å². The molecule has 1 unspecified atom stereocenters. The van der Waals surface area contributed by atoms with Crippen molar-refractivity contribution >= 4 is 50.5 Å². The van der Waals surface area contributed by atoms with Crippen LogP contribution in [0.4, 0.5) is 0 Å². The molecule has 3 aromatic rings. The van der Waals surface area contributed by atoms with Gasteiger partial charge in [0, 0.05) is 27.2 Å². The summed E-state index contributed by atoms with van der Waals surface area (Å²) in [6.07, 6.45) is 0.753. The summed E-state index contributed by atoms with van der Waals surface area (Å²) in [6.45, 7) is 0. The second kappa shape index (κ2) is 6.79. The molecule has 3 rings (SSSR count). The van der Waals surface area contributed by atoms with Crippen molar-refractivity contribution in [3.63, 3.8) is 0 Å². The van der Waals surface area contributed by atoms with Crippen LogP contribution in [0.2, 0.25) is 10.0 Å². The van der Waals surface area contributed by atoms with Gasteiger partial charge in [-0.1, -0.05) is 45.2 Å². The summed E-state index contributed by atoms with van der Waals surface area (Å²) < 4.78 is 2.07. The number of benzene rings is 1. The van der Waals surface area contributed by atoms with E-state index in [2.05, 4.69) is 15.9 Å². The standard InChI is InChI=1S/C16H10BrCl2NO2S/c17-10-6-11(18)15(12(19)7-10)20-8-9(3-4-14(20)21)16(22)13-2-1-5-23-13/h1-8,16,22H. The number of hydrogen-bond acceptors (Lipinski definition) is 3. The molecule has 0 saturated heterocycles. The quantitative estimate of drug-likeness (QED) is 0.631. The van der Waals surface area contributed by atoms with Crippen LogP contribution < -0.4 is 5.56 Å². The van der Waals surface area contributed by atoms with Gasteiger partial charge in [-0.15, -0.1) is 11.3 Å². The highest BCUT2D eigenvalue weighted by molar-refractivity contribution is 9.10. The molecule has 0 radical (unpaired) electrons. The van der Waals surface area contributed by atoms with Gasteiger partial charge in [0.1, 0.15) is 6.10 Å². The number of aliphatic hydroxyl groups is 1. The third kappa shape index (κ3) is 3.39. The van der Waals surface area contributed by atoms with Gasteiger partial charge in [0.05, 0.1) is 15.7 Å². The van der Waals surface area contributed by atoms with Gasteiger partial charge in [0.15, 0.2) is 0 Å². The number of aromatic nitrogens is 1. The van der Waals surface area contributed by atoms with Crippen molar-refractivity contribution in [2.45, 2.75) is 6.10 Å². The first-order chi connectivity index (χ1) is 11.0. The minimum Gasteiger partial charge on any atom is -0.383 e. The van der Waals surface area contributed by atoms with E-state index in [0.717, 1.165) is 9.35 Å². The number of nitrogens with zero attached hydrogens (tertiary/aromatic N) is 1. The number of pyridine rings is 1. The van der Waals surface area contributed by atoms with E-state index >= 15 is 0 Å². The molecule has 0 aliphatic carbocycles. The predicted octanol–water partition coefficient (Wildman–Crippen LogP) is 5.05. The lowest BCUT2D eigenvalue weighted by molar-refractivity contribution is 0.223. The summed E-state index contributed by atoms with van der Waals surface area (Å²) in [7, 11) is 0. The van der Waals surface area contributed by atoms with Gasteiger partial charge in [-0.05, 0) is 29.6 Å². The first kappa shape index (κ1) is 16.7. The summed E-state index contributed by atoms with van der Waals surface area (Å²) >= 11 is 17.2. The summed E-state index contributed by atoms with van der Waals surface area (Å²) in [6, 6.07) is 10.0. The molecule has 0 saturated carbocycles. The van der Waals surface area contributed by atoms with Crippen molar-refractivity contribution in [2.75, 3.05) is 0 Å². The molecule has 2 aromatic heterocycles. The largest absolute Gasteiger partial charge is 0.383 e. The van der Waals surface area contributed by atoms with Gasteiger partial charge in [-0.2, -0.15) is 0 Å². The maximum absolute atomic E-state index is 12.2. The molecular weight excluding hydrogens is 421 g/mol. The Bertz CT molecular complexity index is 886. The van der Waals surface area contributed by atoms with Crippen molar-refractivity contribution in [3.8, 4) is 5.69 Å². The lowest BCUT2D eigenvalue weighted by atomic mass is 10.1. The predicted molar refractivity (Wildman–Crippen MR) is 98.1 cm³/mol. The van der Waals surface area contributed by atoms with Crippen LogP contribution >= 0.6 is 50.5 Å². The Morgan fingerprint density at radius 1 is 1.17 bits per heavy atom. The zero-order valence-corrected chi connectivity index (χ0v) is 15.5. The monoisotopic (exact) mass is 429 g/mol. The fourth-order valence-corrected chi connectivity index (χ4v) is 4.34. The van der Waals surface area contributed by atoms with Crippen LogP contribution in [0.5, 0.6) is 0 Å². The summed E-state index contributed by atoms with van der Waals surface area (Å²) in [5, 5.41) is 13.0. The Kier molecular flexibility index (Phi) is 4.94. The van der Waals surface area contributed by atoms with E-state index in [1.165, 1.54) is 22.0 Å². The maximum atomic E-state index is 12.2. The molecule has 1 N–H and O–H groups in total. The third-order valence-electron chi connectivity index (χ3n) is 3.28. The van der Waals surface area contributed by atoms with Crippen molar-refractivity contribution < 1.29 is 5.11 Å². The van der Waals surface area contributed by atoms with Gasteiger partial charge in [0.2, 0.25) is 0 Å². The topological polar surface area (TPSA) is 42.2 Å². The number of hydrogen-bond donors (Lipinski definition) is 1. The van der Waals surface area contributed by atoms with Gasteiger partial charge >= 0.3 is 0 Å². The summed E-state index contributed by atoms with van der Waals surface area (Å²) in [5.74, 6) is 0. The van der Waals surface area contributed by atoms with Gasteiger partial charge in [-0.3, -0.25) is 9.36 Å². The molecular formula is C16H10BrCl2NO2S. The van der Waals surface area contributed by atoms with E-state index in [-0.39, 0.29) is 5.56 Å². The second-order valence-electron chi connectivity index (χ2n) is 4.81. The van der Waals surface area contributed by atoms with Crippen LogP contribution in [0.1, 0.15) is 16.5 Å². The Hall–Kier alpha value is -1.11. The minimum absolute atomic E-state index is 0.279. The van der Waals surface area contributed by atoms with E-state index in [9.17, 15) is 9.90 Å². The molecule has 2 heterocycles. The highest BCUT2D eigenvalue weighted by atomic mass is 79.9. The first-order valence-corrected chi connectivity index (χ1v) is 8.99. The average molecular weight is 431 g/mol. The lowest BCUT2D eigenvalue weighted by Gasteiger charge is -2.14. The molecule has 0 bridgehead atoms. The zero-order valence-electron chi connectivity index (χ0n) is 11.5. The van der Waals surface area contributed by atoms with Crippen LogP contribution in [0, 0.1) is 0 Å². The molecule has 1 aromatic carbocycles. The van der Waals surface area contributed by atoms with Crippen molar-refractivity contribution in [1.82, 2.24) is 4.57 Å². The minimum atomic E-state index is -0.810. The lowest BCUT2D eigenvalue weighted by Crippen LogP contribution is -2.19. The van der Waals surface area contributed by atoms with Crippen LogP contribution in [0.15, 0.2) is 57.2 Å². The molecule has 0 spiro atoms. The Morgan fingerprint density at radius 3 is 2.48 bits per heavy atom. The SMILES string of the molecule is O=c1ccc(C(O)c2cccs2)cn1-c1c(Cl)cc(Br)cc1Cl. The molecule has 118 valence electrons. The molecule has 7 heteroatoms. The van der Waals surface area contributed by atoms with Crippen LogP contribution in [-0.2, 0) is 0 Å². The van der Waals surface area contributed by atoms with E-state index in [0.29, 0.717) is 21.3 Å². The average Bonchev–Trinajstić information content (AvgIpc) is 3.01. The molecule has 0 aliphatic rings.